The summed E-state index contributed by atoms with van der Waals surface area (Å²) in [5.74, 6) is 7.07. The summed E-state index contributed by atoms with van der Waals surface area (Å²) in [6.07, 6.45) is 17.0. The number of methoxy groups -OCH3 is 1. The summed E-state index contributed by atoms with van der Waals surface area (Å²) in [6.45, 7) is 0.180. The van der Waals surface area contributed by atoms with Crippen molar-refractivity contribution in [1.82, 2.24) is 5.32 Å². The van der Waals surface area contributed by atoms with Gasteiger partial charge in [0.2, 0.25) is 5.91 Å². The molecule has 0 saturated carbocycles. The molecule has 0 aliphatic heterocycles. The van der Waals surface area contributed by atoms with Crippen LogP contribution < -0.4 is 11.2 Å². The smallest absolute Gasteiger partial charge is 0.333 e. The molecular formula is C20H22N2O5. The standard InChI is InChI=1S/C20H22N2O5/c1-3-12-26-17-10-8-14(13-18(17)25-2)9-11-19(23)22-16-7-5-4-6-15(16)20(24)27-21/h1,4-5,7,9,11,13,15H,6,8,10,12,21H2,2H3,(H,22,23)/b11-9+. The predicted molar refractivity (Wildman–Crippen MR) is 99.0 cm³/mol. The number of carbonyl (C=O) groups excluding carboxylic acids is 2. The van der Waals surface area contributed by atoms with Crippen LogP contribution in [0.5, 0.6) is 0 Å². The summed E-state index contributed by atoms with van der Waals surface area (Å²) in [5.41, 5.74) is 1.35. The van der Waals surface area contributed by atoms with E-state index in [1.54, 1.807) is 37.5 Å². The third kappa shape index (κ3) is 5.62. The van der Waals surface area contributed by atoms with Crippen LogP contribution in [-0.2, 0) is 23.9 Å². The zero-order valence-corrected chi connectivity index (χ0v) is 15.1. The van der Waals surface area contributed by atoms with Crippen molar-refractivity contribution < 1.29 is 23.9 Å². The van der Waals surface area contributed by atoms with Crippen molar-refractivity contribution in [2.45, 2.75) is 19.3 Å². The van der Waals surface area contributed by atoms with Crippen molar-refractivity contribution in [2.24, 2.45) is 11.8 Å². The van der Waals surface area contributed by atoms with Gasteiger partial charge in [-0.1, -0.05) is 24.1 Å². The molecular weight excluding hydrogens is 348 g/mol. The lowest BCUT2D eigenvalue weighted by molar-refractivity contribution is -0.147. The van der Waals surface area contributed by atoms with E-state index < -0.39 is 11.9 Å². The van der Waals surface area contributed by atoms with E-state index in [0.717, 1.165) is 5.57 Å². The molecule has 3 N–H and O–H groups in total. The number of terminal acetylenes is 1. The van der Waals surface area contributed by atoms with Crippen LogP contribution >= 0.6 is 0 Å². The normalized spacial score (nSPS) is 19.1. The molecule has 27 heavy (non-hydrogen) atoms. The van der Waals surface area contributed by atoms with E-state index in [2.05, 4.69) is 16.1 Å². The number of rotatable bonds is 7. The summed E-state index contributed by atoms with van der Waals surface area (Å²) in [6, 6.07) is 0. The lowest BCUT2D eigenvalue weighted by atomic mass is 9.97. The van der Waals surface area contributed by atoms with E-state index in [-0.39, 0.29) is 12.5 Å². The van der Waals surface area contributed by atoms with Gasteiger partial charge in [0.1, 0.15) is 18.3 Å². The van der Waals surface area contributed by atoms with Gasteiger partial charge in [-0.05, 0) is 30.6 Å². The van der Waals surface area contributed by atoms with Gasteiger partial charge in [0.15, 0.2) is 5.76 Å². The molecule has 2 aliphatic carbocycles. The minimum absolute atomic E-state index is 0.180. The molecule has 1 atom stereocenters. The minimum atomic E-state index is -0.620. The van der Waals surface area contributed by atoms with E-state index in [1.165, 1.54) is 6.08 Å². The third-order valence-corrected chi connectivity index (χ3v) is 4.06. The topological polar surface area (TPSA) is 99.9 Å². The summed E-state index contributed by atoms with van der Waals surface area (Å²) in [4.78, 5) is 28.2. The Morgan fingerprint density at radius 3 is 2.96 bits per heavy atom. The van der Waals surface area contributed by atoms with Crippen LogP contribution in [0.25, 0.3) is 0 Å². The average Bonchev–Trinajstić information content (AvgIpc) is 2.70. The first-order chi connectivity index (χ1) is 13.1. The fraction of sp³-hybridized carbons (Fsp3) is 0.300. The van der Waals surface area contributed by atoms with Crippen LogP contribution in [0.1, 0.15) is 19.3 Å². The molecule has 1 amide bonds. The fourth-order valence-corrected chi connectivity index (χ4v) is 2.71. The Kier molecular flexibility index (Phi) is 7.47. The lowest BCUT2D eigenvalue weighted by Gasteiger charge is -2.19. The van der Waals surface area contributed by atoms with Crippen LogP contribution in [0.15, 0.2) is 59.2 Å². The Balaban J connectivity index is 2.02. The molecule has 0 saturated heterocycles. The maximum Gasteiger partial charge on any atom is 0.333 e. The second kappa shape index (κ2) is 10.0. The number of hydrogen-bond acceptors (Lipinski definition) is 6. The van der Waals surface area contributed by atoms with Crippen LogP contribution in [0.3, 0.4) is 0 Å². The number of nitrogens with two attached hydrogens (primary N) is 1. The van der Waals surface area contributed by atoms with E-state index in [9.17, 15) is 9.59 Å². The maximum atomic E-state index is 12.2. The first kappa shape index (κ1) is 20.1. The van der Waals surface area contributed by atoms with E-state index >= 15 is 0 Å². The fourth-order valence-electron chi connectivity index (χ4n) is 2.71. The summed E-state index contributed by atoms with van der Waals surface area (Å²) in [7, 11) is 1.55. The molecule has 0 aromatic carbocycles. The van der Waals surface area contributed by atoms with E-state index in [0.29, 0.717) is 36.5 Å². The van der Waals surface area contributed by atoms with Crippen molar-refractivity contribution in [3.8, 4) is 12.3 Å². The lowest BCUT2D eigenvalue weighted by Crippen LogP contribution is -2.32. The number of ether oxygens (including phenoxy) is 2. The van der Waals surface area contributed by atoms with E-state index in [4.69, 9.17) is 21.8 Å². The van der Waals surface area contributed by atoms with Crippen LogP contribution in [0.4, 0.5) is 0 Å². The van der Waals surface area contributed by atoms with Gasteiger partial charge in [-0.15, -0.1) is 6.42 Å². The zero-order valence-electron chi connectivity index (χ0n) is 15.1. The Morgan fingerprint density at radius 2 is 2.26 bits per heavy atom. The molecule has 0 spiro atoms. The average molecular weight is 370 g/mol. The Morgan fingerprint density at radius 1 is 1.44 bits per heavy atom. The number of nitrogens with one attached hydrogen (secondary N) is 1. The Hall–Kier alpha value is -3.24. The third-order valence-electron chi connectivity index (χ3n) is 4.06. The summed E-state index contributed by atoms with van der Waals surface area (Å²) >= 11 is 0. The number of carbonyl (C=O) groups is 2. The van der Waals surface area contributed by atoms with Gasteiger partial charge < -0.3 is 19.6 Å². The van der Waals surface area contributed by atoms with Gasteiger partial charge in [0.25, 0.3) is 0 Å². The second-order valence-electron chi connectivity index (χ2n) is 5.80. The zero-order chi connectivity index (χ0) is 19.6. The number of hydrogen-bond donors (Lipinski definition) is 2. The molecule has 0 bridgehead atoms. The quantitative estimate of drug-likeness (QED) is 0.402. The molecule has 1 unspecified atom stereocenters. The molecule has 0 heterocycles. The van der Waals surface area contributed by atoms with Crippen molar-refractivity contribution >= 4 is 11.9 Å². The SMILES string of the molecule is C#CCOC1=C(OC)C=C(/C=C/C(=O)NC2=CC=CCC2C(=O)ON)CC1. The van der Waals surface area contributed by atoms with Crippen LogP contribution in [0, 0.1) is 18.3 Å². The Bertz CT molecular complexity index is 781. The molecule has 0 radical (unpaired) electrons. The molecule has 0 fully saturated rings. The first-order valence-electron chi connectivity index (χ1n) is 8.39. The van der Waals surface area contributed by atoms with Gasteiger partial charge in [0, 0.05) is 18.2 Å². The van der Waals surface area contributed by atoms with Gasteiger partial charge in [-0.25, -0.2) is 4.79 Å². The minimum Gasteiger partial charge on any atom is -0.493 e. The molecule has 2 aliphatic rings. The predicted octanol–water partition coefficient (Wildman–Crippen LogP) is 1.76. The molecule has 142 valence electrons. The van der Waals surface area contributed by atoms with Crippen LogP contribution in [-0.4, -0.2) is 25.6 Å². The highest BCUT2D eigenvalue weighted by atomic mass is 16.7. The molecule has 0 aromatic rings. The van der Waals surface area contributed by atoms with Crippen molar-refractivity contribution in [3.05, 3.63) is 59.2 Å². The van der Waals surface area contributed by atoms with Gasteiger partial charge >= 0.3 is 5.97 Å². The monoisotopic (exact) mass is 370 g/mol. The van der Waals surface area contributed by atoms with Crippen molar-refractivity contribution in [2.75, 3.05) is 13.7 Å². The van der Waals surface area contributed by atoms with Crippen molar-refractivity contribution in [3.63, 3.8) is 0 Å². The number of allylic oxidation sites excluding steroid dienone is 7. The van der Waals surface area contributed by atoms with E-state index in [1.807, 2.05) is 0 Å². The van der Waals surface area contributed by atoms with Crippen molar-refractivity contribution in [1.29, 1.82) is 0 Å². The molecule has 7 heteroatoms. The number of amides is 1. The molecule has 0 aromatic heterocycles. The highest BCUT2D eigenvalue weighted by Crippen LogP contribution is 2.26. The van der Waals surface area contributed by atoms with Gasteiger partial charge in [-0.3, -0.25) is 4.79 Å². The van der Waals surface area contributed by atoms with Crippen LogP contribution in [0.2, 0.25) is 0 Å². The highest BCUT2D eigenvalue weighted by Gasteiger charge is 2.25. The summed E-state index contributed by atoms with van der Waals surface area (Å²) < 4.78 is 10.8. The first-order valence-corrected chi connectivity index (χ1v) is 8.39. The highest BCUT2D eigenvalue weighted by molar-refractivity contribution is 5.90. The van der Waals surface area contributed by atoms with Gasteiger partial charge in [0.05, 0.1) is 7.11 Å². The largest absolute Gasteiger partial charge is 0.493 e. The maximum absolute atomic E-state index is 12.2. The van der Waals surface area contributed by atoms with Gasteiger partial charge in [-0.2, -0.15) is 5.90 Å². The molecule has 2 rings (SSSR count). The second-order valence-corrected chi connectivity index (χ2v) is 5.80. The molecule has 7 nitrogen and oxygen atoms in total. The summed E-state index contributed by atoms with van der Waals surface area (Å²) in [5, 5.41) is 2.70. The Labute approximate surface area is 158 Å².